The van der Waals surface area contributed by atoms with Crippen LogP contribution in [0.15, 0.2) is 24.4 Å². The normalized spacial score (nSPS) is 24.2. The molecule has 1 N–H and O–H groups in total. The Labute approximate surface area is 124 Å². The quantitative estimate of drug-likeness (QED) is 0.906. The number of pyridine rings is 1. The molecule has 110 valence electrons. The van der Waals surface area contributed by atoms with Crippen LogP contribution < -0.4 is 14.8 Å². The maximum Gasteiger partial charge on any atom is 0.231 e. The minimum atomic E-state index is 0.308. The lowest BCUT2D eigenvalue weighted by Crippen LogP contribution is -2.26. The summed E-state index contributed by atoms with van der Waals surface area (Å²) in [5.41, 5.74) is 0. The highest BCUT2D eigenvalue weighted by molar-refractivity contribution is 5.94. The summed E-state index contributed by atoms with van der Waals surface area (Å²) in [6.07, 6.45) is 6.96. The van der Waals surface area contributed by atoms with Gasteiger partial charge in [0.05, 0.1) is 0 Å². The van der Waals surface area contributed by atoms with Crippen molar-refractivity contribution in [2.24, 2.45) is 5.92 Å². The van der Waals surface area contributed by atoms with Crippen molar-refractivity contribution in [1.82, 2.24) is 4.98 Å². The third kappa shape index (κ3) is 2.39. The standard InChI is InChI=1S/C17H20N2O2/c1-11-3-2-4-13(7-11)19-17-14-9-16-15(20-10-21-16)8-12(14)5-6-18-17/h5-6,8-9,11,13H,2-4,7,10H2,1H3,(H,18,19). The largest absolute Gasteiger partial charge is 0.454 e. The summed E-state index contributed by atoms with van der Waals surface area (Å²) in [6, 6.07) is 6.62. The molecule has 1 aromatic carbocycles. The van der Waals surface area contributed by atoms with Crippen LogP contribution in [-0.2, 0) is 0 Å². The fraction of sp³-hybridized carbons (Fsp3) is 0.471. The zero-order chi connectivity index (χ0) is 14.2. The highest BCUT2D eigenvalue weighted by atomic mass is 16.7. The molecule has 1 aliphatic heterocycles. The monoisotopic (exact) mass is 284 g/mol. The first-order valence-electron chi connectivity index (χ1n) is 7.74. The smallest absolute Gasteiger partial charge is 0.231 e. The predicted octanol–water partition coefficient (Wildman–Crippen LogP) is 3.95. The Morgan fingerprint density at radius 3 is 2.90 bits per heavy atom. The SMILES string of the molecule is CC1CCCC(Nc2nccc3cc4c(cc23)OCO4)C1. The third-order valence-corrected chi connectivity index (χ3v) is 4.53. The first-order valence-corrected chi connectivity index (χ1v) is 7.74. The molecule has 1 fully saturated rings. The van der Waals surface area contributed by atoms with Gasteiger partial charge in [-0.15, -0.1) is 0 Å². The lowest BCUT2D eigenvalue weighted by Gasteiger charge is -2.28. The van der Waals surface area contributed by atoms with Crippen molar-refractivity contribution in [2.75, 3.05) is 12.1 Å². The topological polar surface area (TPSA) is 43.4 Å². The van der Waals surface area contributed by atoms with Crippen molar-refractivity contribution < 1.29 is 9.47 Å². The number of ether oxygens (including phenoxy) is 2. The van der Waals surface area contributed by atoms with Gasteiger partial charge in [-0.1, -0.05) is 19.8 Å². The van der Waals surface area contributed by atoms with Gasteiger partial charge in [-0.05, 0) is 42.3 Å². The van der Waals surface area contributed by atoms with Crippen LogP contribution in [0.25, 0.3) is 10.8 Å². The number of anilines is 1. The molecule has 21 heavy (non-hydrogen) atoms. The highest BCUT2D eigenvalue weighted by Gasteiger charge is 2.21. The number of nitrogens with zero attached hydrogens (tertiary/aromatic N) is 1. The van der Waals surface area contributed by atoms with Crippen molar-refractivity contribution >= 4 is 16.6 Å². The molecule has 0 radical (unpaired) electrons. The fourth-order valence-corrected chi connectivity index (χ4v) is 3.44. The lowest BCUT2D eigenvalue weighted by atomic mass is 9.87. The van der Waals surface area contributed by atoms with E-state index < -0.39 is 0 Å². The van der Waals surface area contributed by atoms with E-state index in [4.69, 9.17) is 9.47 Å². The number of hydrogen-bond donors (Lipinski definition) is 1. The molecule has 2 unspecified atom stereocenters. The number of benzene rings is 1. The van der Waals surface area contributed by atoms with Crippen LogP contribution in [0.1, 0.15) is 32.6 Å². The van der Waals surface area contributed by atoms with E-state index >= 15 is 0 Å². The van der Waals surface area contributed by atoms with Gasteiger partial charge in [-0.25, -0.2) is 4.98 Å². The molecule has 1 aromatic heterocycles. The van der Waals surface area contributed by atoms with Crippen LogP contribution in [0.4, 0.5) is 5.82 Å². The minimum absolute atomic E-state index is 0.308. The summed E-state index contributed by atoms with van der Waals surface area (Å²) in [5, 5.41) is 5.89. The Kier molecular flexibility index (Phi) is 3.09. The van der Waals surface area contributed by atoms with E-state index in [1.165, 1.54) is 25.7 Å². The van der Waals surface area contributed by atoms with Gasteiger partial charge in [0.2, 0.25) is 6.79 Å². The Balaban J connectivity index is 1.68. The molecular formula is C17H20N2O2. The van der Waals surface area contributed by atoms with Gasteiger partial charge in [0, 0.05) is 17.6 Å². The Morgan fingerprint density at radius 2 is 2.05 bits per heavy atom. The van der Waals surface area contributed by atoms with Gasteiger partial charge in [0.25, 0.3) is 0 Å². The van der Waals surface area contributed by atoms with Gasteiger partial charge in [0.1, 0.15) is 5.82 Å². The summed E-state index contributed by atoms with van der Waals surface area (Å²) < 4.78 is 10.9. The molecule has 2 atom stereocenters. The second-order valence-corrected chi connectivity index (χ2v) is 6.20. The van der Waals surface area contributed by atoms with Crippen LogP contribution in [-0.4, -0.2) is 17.8 Å². The number of hydrogen-bond acceptors (Lipinski definition) is 4. The number of aromatic nitrogens is 1. The van der Waals surface area contributed by atoms with Crippen molar-refractivity contribution in [3.8, 4) is 11.5 Å². The van der Waals surface area contributed by atoms with E-state index in [1.54, 1.807) is 0 Å². The van der Waals surface area contributed by atoms with Crippen LogP contribution in [0, 0.1) is 5.92 Å². The van der Waals surface area contributed by atoms with Gasteiger partial charge in [-0.2, -0.15) is 0 Å². The molecule has 0 bridgehead atoms. The molecule has 0 spiro atoms. The van der Waals surface area contributed by atoms with E-state index in [0.717, 1.165) is 34.0 Å². The molecule has 2 heterocycles. The van der Waals surface area contributed by atoms with Gasteiger partial charge in [-0.3, -0.25) is 0 Å². The minimum Gasteiger partial charge on any atom is -0.454 e. The second kappa shape index (κ2) is 5.10. The molecule has 4 nitrogen and oxygen atoms in total. The highest BCUT2D eigenvalue weighted by Crippen LogP contribution is 2.38. The van der Waals surface area contributed by atoms with Crippen LogP contribution >= 0.6 is 0 Å². The molecule has 2 aromatic rings. The average molecular weight is 284 g/mol. The first kappa shape index (κ1) is 12.7. The summed E-state index contributed by atoms with van der Waals surface area (Å²) in [7, 11) is 0. The number of nitrogens with one attached hydrogen (secondary N) is 1. The van der Waals surface area contributed by atoms with Crippen molar-refractivity contribution in [1.29, 1.82) is 0 Å². The summed E-state index contributed by atoms with van der Waals surface area (Å²) >= 11 is 0. The molecule has 1 aliphatic carbocycles. The Bertz CT molecular complexity index is 671. The Hall–Kier alpha value is -1.97. The third-order valence-electron chi connectivity index (χ3n) is 4.53. The van der Waals surface area contributed by atoms with Crippen LogP contribution in [0.3, 0.4) is 0 Å². The fourth-order valence-electron chi connectivity index (χ4n) is 3.44. The molecule has 1 saturated carbocycles. The maximum atomic E-state index is 5.49. The summed E-state index contributed by atoms with van der Waals surface area (Å²) in [4.78, 5) is 4.54. The van der Waals surface area contributed by atoms with Crippen LogP contribution in [0.2, 0.25) is 0 Å². The predicted molar refractivity (Wildman–Crippen MR) is 82.9 cm³/mol. The van der Waals surface area contributed by atoms with Crippen molar-refractivity contribution in [2.45, 2.75) is 38.6 Å². The van der Waals surface area contributed by atoms with E-state index in [2.05, 4.69) is 17.2 Å². The zero-order valence-corrected chi connectivity index (χ0v) is 12.3. The maximum absolute atomic E-state index is 5.49. The van der Waals surface area contributed by atoms with Gasteiger partial charge in [0.15, 0.2) is 11.5 Å². The van der Waals surface area contributed by atoms with Gasteiger partial charge < -0.3 is 14.8 Å². The Morgan fingerprint density at radius 1 is 1.19 bits per heavy atom. The second-order valence-electron chi connectivity index (χ2n) is 6.20. The number of rotatable bonds is 2. The van der Waals surface area contributed by atoms with Crippen molar-refractivity contribution in [3.63, 3.8) is 0 Å². The summed E-state index contributed by atoms with van der Waals surface area (Å²) in [5.74, 6) is 3.40. The van der Waals surface area contributed by atoms with Gasteiger partial charge >= 0.3 is 0 Å². The number of fused-ring (bicyclic) bond motifs is 2. The van der Waals surface area contributed by atoms with Crippen LogP contribution in [0.5, 0.6) is 11.5 Å². The van der Waals surface area contributed by atoms with Crippen molar-refractivity contribution in [3.05, 3.63) is 24.4 Å². The van der Waals surface area contributed by atoms with E-state index in [1.807, 2.05) is 24.4 Å². The van der Waals surface area contributed by atoms with E-state index in [0.29, 0.717) is 12.8 Å². The molecule has 0 amide bonds. The van der Waals surface area contributed by atoms with E-state index in [9.17, 15) is 0 Å². The first-order chi connectivity index (χ1) is 10.3. The zero-order valence-electron chi connectivity index (χ0n) is 12.3. The summed E-state index contributed by atoms with van der Waals surface area (Å²) in [6.45, 7) is 2.64. The molecule has 0 saturated heterocycles. The molecule has 4 rings (SSSR count). The van der Waals surface area contributed by atoms with E-state index in [-0.39, 0.29) is 0 Å². The molecular weight excluding hydrogens is 264 g/mol. The molecule has 4 heteroatoms. The molecule has 2 aliphatic rings. The lowest BCUT2D eigenvalue weighted by molar-refractivity contribution is 0.174. The average Bonchev–Trinajstić information content (AvgIpc) is 2.93.